The minimum Gasteiger partial charge on any atom is -0.369 e. The maximum Gasteiger partial charge on any atom is 0.231 e. The van der Waals surface area contributed by atoms with Gasteiger partial charge < -0.3 is 16.0 Å². The van der Waals surface area contributed by atoms with E-state index in [1.807, 2.05) is 24.4 Å². The molecule has 1 aromatic heterocycles. The summed E-state index contributed by atoms with van der Waals surface area (Å²) in [5.41, 5.74) is 5.11. The Morgan fingerprint density at radius 2 is 2.24 bits per heavy atom. The van der Waals surface area contributed by atoms with E-state index in [1.165, 1.54) is 0 Å². The second kappa shape index (κ2) is 5.63. The number of nitrogens with two attached hydrogens (primary N) is 1. The lowest BCUT2D eigenvalue weighted by Gasteiger charge is -2.33. The second-order valence-electron chi connectivity index (χ2n) is 4.30. The summed E-state index contributed by atoms with van der Waals surface area (Å²) in [6.45, 7) is 2.20. The molecule has 0 radical (unpaired) electrons. The molecule has 92 valence electrons. The van der Waals surface area contributed by atoms with E-state index in [-0.39, 0.29) is 12.5 Å². The van der Waals surface area contributed by atoms with Crippen LogP contribution in [0.2, 0.25) is 0 Å². The monoisotopic (exact) mass is 234 g/mol. The van der Waals surface area contributed by atoms with E-state index in [2.05, 4.69) is 15.2 Å². The first-order valence-electron chi connectivity index (χ1n) is 5.93. The first-order valence-corrected chi connectivity index (χ1v) is 5.93. The van der Waals surface area contributed by atoms with E-state index >= 15 is 0 Å². The maximum absolute atomic E-state index is 10.7. The zero-order valence-corrected chi connectivity index (χ0v) is 9.80. The van der Waals surface area contributed by atoms with E-state index in [9.17, 15) is 4.79 Å². The molecule has 1 aromatic rings. The highest BCUT2D eigenvalue weighted by Gasteiger charge is 2.19. The Hall–Kier alpha value is -1.62. The molecule has 0 aliphatic carbocycles. The van der Waals surface area contributed by atoms with Crippen molar-refractivity contribution in [2.24, 2.45) is 5.73 Å². The summed E-state index contributed by atoms with van der Waals surface area (Å²) in [7, 11) is 0. The molecule has 3 N–H and O–H groups in total. The van der Waals surface area contributed by atoms with Gasteiger partial charge in [-0.3, -0.25) is 4.79 Å². The Bertz CT molecular complexity index is 360. The first kappa shape index (κ1) is 11.9. The summed E-state index contributed by atoms with van der Waals surface area (Å²) in [5.74, 6) is 0.734. The third-order valence-electron chi connectivity index (χ3n) is 3.03. The number of piperidine rings is 1. The number of hydrogen-bond acceptors (Lipinski definition) is 4. The van der Waals surface area contributed by atoms with Crippen LogP contribution in [0.15, 0.2) is 24.4 Å². The molecular formula is C12H18N4O. The van der Waals surface area contributed by atoms with Crippen LogP contribution in [0.4, 0.5) is 5.82 Å². The van der Waals surface area contributed by atoms with Crippen molar-refractivity contribution in [3.63, 3.8) is 0 Å². The summed E-state index contributed by atoms with van der Waals surface area (Å²) in [4.78, 5) is 17.3. The van der Waals surface area contributed by atoms with E-state index in [1.54, 1.807) is 0 Å². The van der Waals surface area contributed by atoms with Crippen LogP contribution in [-0.4, -0.2) is 36.6 Å². The Balaban J connectivity index is 1.80. The van der Waals surface area contributed by atoms with Gasteiger partial charge in [-0.1, -0.05) is 6.07 Å². The molecule has 17 heavy (non-hydrogen) atoms. The highest BCUT2D eigenvalue weighted by molar-refractivity contribution is 5.75. The smallest absolute Gasteiger partial charge is 0.231 e. The van der Waals surface area contributed by atoms with Crippen molar-refractivity contribution in [1.82, 2.24) is 10.3 Å². The fraction of sp³-hybridized carbons (Fsp3) is 0.500. The zero-order chi connectivity index (χ0) is 12.1. The molecule has 2 heterocycles. The number of amides is 1. The van der Waals surface area contributed by atoms with Crippen LogP contribution >= 0.6 is 0 Å². The molecule has 1 amide bonds. The number of primary amides is 1. The lowest BCUT2D eigenvalue weighted by atomic mass is 10.1. The Kier molecular flexibility index (Phi) is 3.93. The standard InChI is InChI=1S/C12H18N4O/c13-11(17)9-15-10-4-7-16(8-5-10)12-3-1-2-6-14-12/h1-3,6,10,15H,4-5,7-9H2,(H2,13,17). The normalized spacial score (nSPS) is 17.1. The molecule has 0 bridgehead atoms. The van der Waals surface area contributed by atoms with Crippen molar-refractivity contribution in [3.8, 4) is 0 Å². The number of nitrogens with zero attached hydrogens (tertiary/aromatic N) is 2. The van der Waals surface area contributed by atoms with Gasteiger partial charge in [0.25, 0.3) is 0 Å². The fourth-order valence-corrected chi connectivity index (χ4v) is 2.10. The Labute approximate surface area is 101 Å². The maximum atomic E-state index is 10.7. The minimum absolute atomic E-state index is 0.272. The Morgan fingerprint density at radius 1 is 1.47 bits per heavy atom. The summed E-state index contributed by atoms with van der Waals surface area (Å²) >= 11 is 0. The number of pyridine rings is 1. The predicted molar refractivity (Wildman–Crippen MR) is 66.7 cm³/mol. The van der Waals surface area contributed by atoms with Gasteiger partial charge in [0.15, 0.2) is 0 Å². The number of hydrogen-bond donors (Lipinski definition) is 2. The molecule has 2 rings (SSSR count). The van der Waals surface area contributed by atoms with Crippen LogP contribution in [0.25, 0.3) is 0 Å². The zero-order valence-electron chi connectivity index (χ0n) is 9.80. The summed E-state index contributed by atoms with van der Waals surface area (Å²) in [6.07, 6.45) is 3.85. The third kappa shape index (κ3) is 3.42. The summed E-state index contributed by atoms with van der Waals surface area (Å²) < 4.78 is 0. The van der Waals surface area contributed by atoms with Gasteiger partial charge in [0.2, 0.25) is 5.91 Å². The number of aromatic nitrogens is 1. The van der Waals surface area contributed by atoms with Gasteiger partial charge in [-0.15, -0.1) is 0 Å². The van der Waals surface area contributed by atoms with Crippen molar-refractivity contribution >= 4 is 11.7 Å². The van der Waals surface area contributed by atoms with E-state index in [0.29, 0.717) is 6.04 Å². The SMILES string of the molecule is NC(=O)CNC1CCN(c2ccccn2)CC1. The molecule has 0 spiro atoms. The van der Waals surface area contributed by atoms with E-state index in [4.69, 9.17) is 5.73 Å². The molecule has 1 aliphatic rings. The largest absolute Gasteiger partial charge is 0.369 e. The highest BCUT2D eigenvalue weighted by atomic mass is 16.1. The molecule has 1 aliphatic heterocycles. The summed E-state index contributed by atoms with van der Waals surface area (Å²) in [5, 5.41) is 3.17. The third-order valence-corrected chi connectivity index (χ3v) is 3.03. The van der Waals surface area contributed by atoms with Gasteiger partial charge in [-0.05, 0) is 25.0 Å². The van der Waals surface area contributed by atoms with Crippen LogP contribution in [0.5, 0.6) is 0 Å². The number of anilines is 1. The van der Waals surface area contributed by atoms with Gasteiger partial charge in [0, 0.05) is 25.3 Å². The van der Waals surface area contributed by atoms with Crippen molar-refractivity contribution in [2.75, 3.05) is 24.5 Å². The molecule has 5 heteroatoms. The molecule has 5 nitrogen and oxygen atoms in total. The number of carbonyl (C=O) groups excluding carboxylic acids is 1. The van der Waals surface area contributed by atoms with Crippen molar-refractivity contribution in [3.05, 3.63) is 24.4 Å². The van der Waals surface area contributed by atoms with Crippen molar-refractivity contribution in [2.45, 2.75) is 18.9 Å². The van der Waals surface area contributed by atoms with E-state index in [0.717, 1.165) is 31.7 Å². The number of carbonyl (C=O) groups is 1. The predicted octanol–water partition coefficient (Wildman–Crippen LogP) is 0.125. The molecule has 0 aromatic carbocycles. The van der Waals surface area contributed by atoms with Crippen molar-refractivity contribution in [1.29, 1.82) is 0 Å². The van der Waals surface area contributed by atoms with Gasteiger partial charge in [-0.2, -0.15) is 0 Å². The average molecular weight is 234 g/mol. The van der Waals surface area contributed by atoms with Crippen LogP contribution in [0.3, 0.4) is 0 Å². The van der Waals surface area contributed by atoms with Crippen molar-refractivity contribution < 1.29 is 4.79 Å². The highest BCUT2D eigenvalue weighted by Crippen LogP contribution is 2.16. The van der Waals surface area contributed by atoms with E-state index < -0.39 is 0 Å². The van der Waals surface area contributed by atoms with Gasteiger partial charge >= 0.3 is 0 Å². The molecule has 0 atom stereocenters. The quantitative estimate of drug-likeness (QED) is 0.776. The molecular weight excluding hydrogens is 216 g/mol. The van der Waals surface area contributed by atoms with Gasteiger partial charge in [0.1, 0.15) is 5.82 Å². The minimum atomic E-state index is -0.294. The Morgan fingerprint density at radius 3 is 2.82 bits per heavy atom. The number of rotatable bonds is 4. The molecule has 1 fully saturated rings. The summed E-state index contributed by atoms with van der Waals surface area (Å²) in [6, 6.07) is 6.34. The van der Waals surface area contributed by atoms with Crippen LogP contribution < -0.4 is 16.0 Å². The topological polar surface area (TPSA) is 71.2 Å². The molecule has 0 unspecified atom stereocenters. The lowest BCUT2D eigenvalue weighted by Crippen LogP contribution is -2.45. The lowest BCUT2D eigenvalue weighted by molar-refractivity contribution is -0.117. The van der Waals surface area contributed by atoms with Crippen LogP contribution in [-0.2, 0) is 4.79 Å². The van der Waals surface area contributed by atoms with Crippen LogP contribution in [0, 0.1) is 0 Å². The molecule has 1 saturated heterocycles. The average Bonchev–Trinajstić information content (AvgIpc) is 2.38. The fourth-order valence-electron chi connectivity index (χ4n) is 2.10. The van der Waals surface area contributed by atoms with Crippen LogP contribution in [0.1, 0.15) is 12.8 Å². The van der Waals surface area contributed by atoms with Gasteiger partial charge in [-0.25, -0.2) is 4.98 Å². The number of nitrogens with one attached hydrogen (secondary N) is 1. The first-order chi connectivity index (χ1) is 8.25. The molecule has 0 saturated carbocycles. The van der Waals surface area contributed by atoms with Gasteiger partial charge in [0.05, 0.1) is 6.54 Å². The second-order valence-corrected chi connectivity index (χ2v) is 4.30.